The number of ether oxygens (including phenoxy) is 5. The number of hydrogen-bond donors (Lipinski definition) is 1. The van der Waals surface area contributed by atoms with Gasteiger partial charge in [0, 0.05) is 10.0 Å². The summed E-state index contributed by atoms with van der Waals surface area (Å²) >= 11 is 6.81. The van der Waals surface area contributed by atoms with Gasteiger partial charge in [-0.1, -0.05) is 28.1 Å². The van der Waals surface area contributed by atoms with Crippen molar-refractivity contribution < 1.29 is 33.3 Å². The number of rotatable bonds is 10. The van der Waals surface area contributed by atoms with Crippen molar-refractivity contribution in [2.75, 3.05) is 27.9 Å². The highest BCUT2D eigenvalue weighted by Crippen LogP contribution is 2.39. The van der Waals surface area contributed by atoms with Gasteiger partial charge in [0.25, 0.3) is 5.91 Å². The van der Waals surface area contributed by atoms with Gasteiger partial charge < -0.3 is 23.7 Å². The summed E-state index contributed by atoms with van der Waals surface area (Å²) in [6.45, 7) is 1.71. The quantitative estimate of drug-likeness (QED) is 0.140. The first kappa shape index (κ1) is 28.0. The molecule has 1 N–H and O–H groups in total. The van der Waals surface area contributed by atoms with E-state index < -0.39 is 11.9 Å². The number of carbonyl (C=O) groups excluding carboxylic acids is 2. The van der Waals surface area contributed by atoms with E-state index in [4.69, 9.17) is 23.7 Å². The van der Waals surface area contributed by atoms with Gasteiger partial charge in [-0.05, 0) is 64.8 Å². The zero-order valence-corrected chi connectivity index (χ0v) is 23.6. The second kappa shape index (κ2) is 13.1. The van der Waals surface area contributed by atoms with Crippen molar-refractivity contribution in [2.45, 2.75) is 6.92 Å². The lowest BCUT2D eigenvalue weighted by Crippen LogP contribution is -2.24. The zero-order chi connectivity index (χ0) is 26.9. The number of amides is 1. The average molecular weight is 636 g/mol. The molecule has 0 saturated carbocycles. The SMILES string of the molecule is COc1cc(C(=O)Oc2c(Br)cc(Br)cc2/C=N\NC(=O)COc2cccc(C)c2)cc(OC)c1OC. The topological polar surface area (TPSA) is 105 Å². The number of hydrazone groups is 1. The molecule has 3 aromatic rings. The van der Waals surface area contributed by atoms with Gasteiger partial charge in [0.05, 0.1) is 37.6 Å². The molecular formula is C26H24Br2N2O7. The standard InChI is InChI=1S/C26H24Br2N2O7/c1-15-6-5-7-19(8-15)36-14-23(31)30-29-13-17-9-18(27)12-20(28)24(17)37-26(32)16-10-21(33-2)25(35-4)22(11-16)34-3/h5-13H,14H2,1-4H3,(H,30,31)/b29-13-. The molecule has 0 unspecified atom stereocenters. The van der Waals surface area contributed by atoms with E-state index >= 15 is 0 Å². The first-order chi connectivity index (χ1) is 17.7. The second-order valence-corrected chi connectivity index (χ2v) is 9.28. The van der Waals surface area contributed by atoms with Crippen LogP contribution in [-0.4, -0.2) is 46.0 Å². The van der Waals surface area contributed by atoms with E-state index in [1.807, 2.05) is 25.1 Å². The monoisotopic (exact) mass is 634 g/mol. The van der Waals surface area contributed by atoms with Gasteiger partial charge in [0.1, 0.15) is 5.75 Å². The maximum Gasteiger partial charge on any atom is 0.343 e. The normalized spacial score (nSPS) is 10.6. The summed E-state index contributed by atoms with van der Waals surface area (Å²) in [6, 6.07) is 13.7. The minimum Gasteiger partial charge on any atom is -0.493 e. The van der Waals surface area contributed by atoms with E-state index in [2.05, 4.69) is 42.4 Å². The van der Waals surface area contributed by atoms with E-state index in [0.717, 1.165) is 5.56 Å². The fourth-order valence-electron chi connectivity index (χ4n) is 3.19. The van der Waals surface area contributed by atoms with Gasteiger partial charge in [0.2, 0.25) is 5.75 Å². The minimum absolute atomic E-state index is 0.175. The van der Waals surface area contributed by atoms with E-state index in [1.54, 1.807) is 18.2 Å². The highest BCUT2D eigenvalue weighted by Gasteiger charge is 2.20. The third-order valence-corrected chi connectivity index (χ3v) is 5.93. The third-order valence-electron chi connectivity index (χ3n) is 4.88. The molecule has 37 heavy (non-hydrogen) atoms. The van der Waals surface area contributed by atoms with Crippen LogP contribution in [0.3, 0.4) is 0 Å². The largest absolute Gasteiger partial charge is 0.493 e. The van der Waals surface area contributed by atoms with Crippen LogP contribution in [0.4, 0.5) is 0 Å². The molecule has 3 rings (SSSR count). The summed E-state index contributed by atoms with van der Waals surface area (Å²) in [5.41, 5.74) is 4.01. The van der Waals surface area contributed by atoms with Gasteiger partial charge in [-0.15, -0.1) is 0 Å². The highest BCUT2D eigenvalue weighted by atomic mass is 79.9. The fraction of sp³-hybridized carbons (Fsp3) is 0.192. The predicted molar refractivity (Wildman–Crippen MR) is 145 cm³/mol. The Morgan fingerprint density at radius 2 is 1.65 bits per heavy atom. The molecule has 0 aliphatic rings. The molecule has 0 aromatic heterocycles. The molecule has 0 fully saturated rings. The smallest absolute Gasteiger partial charge is 0.343 e. The molecule has 0 saturated heterocycles. The van der Waals surface area contributed by atoms with Crippen LogP contribution in [-0.2, 0) is 4.79 Å². The minimum atomic E-state index is -0.674. The molecule has 3 aromatic carbocycles. The summed E-state index contributed by atoms with van der Waals surface area (Å²) in [7, 11) is 4.37. The van der Waals surface area contributed by atoms with Crippen LogP contribution in [0.5, 0.6) is 28.7 Å². The van der Waals surface area contributed by atoms with Crippen molar-refractivity contribution in [1.29, 1.82) is 0 Å². The Bertz CT molecular complexity index is 1300. The maximum atomic E-state index is 13.0. The molecule has 0 spiro atoms. The lowest BCUT2D eigenvalue weighted by Gasteiger charge is -2.15. The Morgan fingerprint density at radius 1 is 0.946 bits per heavy atom. The Hall–Kier alpha value is -3.57. The van der Waals surface area contributed by atoms with E-state index in [-0.39, 0.29) is 17.9 Å². The molecule has 0 atom stereocenters. The molecular weight excluding hydrogens is 612 g/mol. The van der Waals surface area contributed by atoms with E-state index in [1.165, 1.54) is 39.7 Å². The average Bonchev–Trinajstić information content (AvgIpc) is 2.88. The van der Waals surface area contributed by atoms with Gasteiger partial charge >= 0.3 is 5.97 Å². The Balaban J connectivity index is 1.76. The van der Waals surface area contributed by atoms with Crippen LogP contribution >= 0.6 is 31.9 Å². The zero-order valence-electron chi connectivity index (χ0n) is 20.5. The summed E-state index contributed by atoms with van der Waals surface area (Å²) < 4.78 is 28.3. The van der Waals surface area contributed by atoms with E-state index in [9.17, 15) is 9.59 Å². The first-order valence-electron chi connectivity index (χ1n) is 10.8. The number of methoxy groups -OCH3 is 3. The molecule has 0 bridgehead atoms. The summed E-state index contributed by atoms with van der Waals surface area (Å²) in [5, 5.41) is 3.98. The summed E-state index contributed by atoms with van der Waals surface area (Å²) in [6.07, 6.45) is 1.36. The van der Waals surface area contributed by atoms with Crippen molar-refractivity contribution in [2.24, 2.45) is 5.10 Å². The maximum absolute atomic E-state index is 13.0. The number of benzene rings is 3. The molecule has 11 heteroatoms. The van der Waals surface area contributed by atoms with Crippen molar-refractivity contribution in [3.8, 4) is 28.7 Å². The fourth-order valence-corrected chi connectivity index (χ4v) is 4.53. The molecule has 0 aliphatic heterocycles. The van der Waals surface area contributed by atoms with Crippen LogP contribution in [0.1, 0.15) is 21.5 Å². The van der Waals surface area contributed by atoms with Gasteiger partial charge in [-0.3, -0.25) is 4.79 Å². The van der Waals surface area contributed by atoms with Crippen molar-refractivity contribution >= 4 is 50.0 Å². The van der Waals surface area contributed by atoms with Crippen LogP contribution < -0.4 is 29.1 Å². The first-order valence-corrected chi connectivity index (χ1v) is 12.4. The number of carbonyl (C=O) groups is 2. The van der Waals surface area contributed by atoms with Crippen LogP contribution in [0.25, 0.3) is 0 Å². The van der Waals surface area contributed by atoms with Crippen molar-refractivity contribution in [1.82, 2.24) is 5.43 Å². The number of nitrogens with one attached hydrogen (secondary N) is 1. The Kier molecular flexibility index (Phi) is 9.93. The number of aryl methyl sites for hydroxylation is 1. The van der Waals surface area contributed by atoms with Crippen molar-refractivity contribution in [3.05, 3.63) is 74.2 Å². The number of esters is 1. The number of halogens is 2. The number of nitrogens with zero attached hydrogens (tertiary/aromatic N) is 1. The molecule has 0 radical (unpaired) electrons. The second-order valence-electron chi connectivity index (χ2n) is 7.51. The summed E-state index contributed by atoms with van der Waals surface area (Å²) in [5.74, 6) is 0.603. The molecule has 9 nitrogen and oxygen atoms in total. The predicted octanol–water partition coefficient (Wildman–Crippen LogP) is 5.29. The Labute approximate surface area is 231 Å². The van der Waals surface area contributed by atoms with E-state index in [0.29, 0.717) is 37.5 Å². The van der Waals surface area contributed by atoms with Crippen molar-refractivity contribution in [3.63, 3.8) is 0 Å². The Morgan fingerprint density at radius 3 is 2.27 bits per heavy atom. The van der Waals surface area contributed by atoms with Gasteiger partial charge in [0.15, 0.2) is 23.9 Å². The van der Waals surface area contributed by atoms with Gasteiger partial charge in [-0.2, -0.15) is 5.10 Å². The summed E-state index contributed by atoms with van der Waals surface area (Å²) in [4.78, 5) is 25.2. The molecule has 0 heterocycles. The van der Waals surface area contributed by atoms with Gasteiger partial charge in [-0.25, -0.2) is 10.2 Å². The number of hydrogen-bond acceptors (Lipinski definition) is 8. The van der Waals surface area contributed by atoms with Crippen LogP contribution in [0.15, 0.2) is 62.6 Å². The van der Waals surface area contributed by atoms with Crippen LogP contribution in [0.2, 0.25) is 0 Å². The molecule has 0 aliphatic carbocycles. The lowest BCUT2D eigenvalue weighted by molar-refractivity contribution is -0.123. The lowest BCUT2D eigenvalue weighted by atomic mass is 10.1. The third kappa shape index (κ3) is 7.46. The molecule has 194 valence electrons. The molecule has 1 amide bonds. The van der Waals surface area contributed by atoms with Crippen LogP contribution in [0, 0.1) is 6.92 Å². The highest BCUT2D eigenvalue weighted by molar-refractivity contribution is 9.11.